The Balaban J connectivity index is 1.46. The number of aromatic nitrogens is 2. The molecule has 0 spiro atoms. The molecule has 0 saturated heterocycles. The summed E-state index contributed by atoms with van der Waals surface area (Å²) in [5.41, 5.74) is 10.5. The Morgan fingerprint density at radius 2 is 1.67 bits per heavy atom. The Bertz CT molecular complexity index is 2000. The van der Waals surface area contributed by atoms with Crippen molar-refractivity contribution in [2.75, 3.05) is 28.8 Å². The normalized spacial score (nSPS) is 21.3. The van der Waals surface area contributed by atoms with Gasteiger partial charge in [-0.25, -0.2) is 9.97 Å². The van der Waals surface area contributed by atoms with E-state index in [0.717, 1.165) is 52.0 Å². The van der Waals surface area contributed by atoms with E-state index < -0.39 is 0 Å². The van der Waals surface area contributed by atoms with Gasteiger partial charge in [0, 0.05) is 59.5 Å². The van der Waals surface area contributed by atoms with E-state index in [0.29, 0.717) is 0 Å². The molecule has 0 saturated carbocycles. The summed E-state index contributed by atoms with van der Waals surface area (Å²) in [6.07, 6.45) is 9.92. The van der Waals surface area contributed by atoms with Crippen LogP contribution >= 0.6 is 0 Å². The zero-order valence-corrected chi connectivity index (χ0v) is 24.2. The van der Waals surface area contributed by atoms with Crippen molar-refractivity contribution in [1.29, 1.82) is 0 Å². The van der Waals surface area contributed by atoms with E-state index in [1.54, 1.807) is 6.33 Å². The number of fused-ring (bicyclic) bond motifs is 15. The molecule has 6 heterocycles. The molecule has 0 radical (unpaired) electrons. The highest BCUT2D eigenvalue weighted by Gasteiger charge is 2.55. The standard InChI is InChI=1S/C35H32N6O/c1-5-35(6-2)24-12-8-9-13-25(24)41-32-26(19-36-20-37-32)39(4)34(41)28-29(35)23-16-15-22-21-11-7-10-14-27(21)42-31(22)30(23)40-18-17-38(3)33(28)40/h7-20,33-34H,5-6H2,1-4H3. The lowest BCUT2D eigenvalue weighted by molar-refractivity contribution is 0.379. The Morgan fingerprint density at radius 1 is 0.857 bits per heavy atom. The van der Waals surface area contributed by atoms with Crippen molar-refractivity contribution in [3.8, 4) is 0 Å². The number of likely N-dealkylation sites (N-methyl/N-ethyl adjacent to an activating group) is 2. The van der Waals surface area contributed by atoms with Crippen molar-refractivity contribution >= 4 is 50.4 Å². The predicted molar refractivity (Wildman–Crippen MR) is 169 cm³/mol. The smallest absolute Gasteiger partial charge is 0.162 e. The number of hydrogen-bond acceptors (Lipinski definition) is 7. The minimum absolute atomic E-state index is 0.0182. The largest absolute Gasteiger partial charge is 0.454 e. The third-order valence-corrected chi connectivity index (χ3v) is 10.3. The van der Waals surface area contributed by atoms with Gasteiger partial charge in [0.1, 0.15) is 29.9 Å². The molecule has 0 amide bonds. The zero-order chi connectivity index (χ0) is 28.3. The second-order valence-corrected chi connectivity index (χ2v) is 11.9. The van der Waals surface area contributed by atoms with Crippen molar-refractivity contribution in [2.45, 2.75) is 44.4 Å². The van der Waals surface area contributed by atoms with Crippen LogP contribution in [0.5, 0.6) is 0 Å². The van der Waals surface area contributed by atoms with E-state index in [4.69, 9.17) is 9.40 Å². The Labute approximate surface area is 245 Å². The van der Waals surface area contributed by atoms with Gasteiger partial charge >= 0.3 is 0 Å². The van der Waals surface area contributed by atoms with Gasteiger partial charge in [0.2, 0.25) is 0 Å². The first-order valence-corrected chi connectivity index (χ1v) is 14.9. The molecule has 9 rings (SSSR count). The summed E-state index contributed by atoms with van der Waals surface area (Å²) in [4.78, 5) is 18.9. The first kappa shape index (κ1) is 23.9. The second-order valence-electron chi connectivity index (χ2n) is 11.9. The SMILES string of the molecule is CCC1(CC)C2=C(C3N(C)C=CN3c3c2ccc2c3oc3ccccc32)C2N(C)c3cncnc3N2c2ccccc21. The summed E-state index contributed by atoms with van der Waals surface area (Å²) in [7, 11) is 4.38. The molecule has 7 heteroatoms. The van der Waals surface area contributed by atoms with Crippen LogP contribution in [0.3, 0.4) is 0 Å². The van der Waals surface area contributed by atoms with Gasteiger partial charge in [0.15, 0.2) is 11.4 Å². The third-order valence-electron chi connectivity index (χ3n) is 10.3. The second kappa shape index (κ2) is 8.16. The molecular formula is C35H32N6O. The summed E-state index contributed by atoms with van der Waals surface area (Å²) in [6, 6.07) is 22.0. The Kier molecular flexibility index (Phi) is 4.64. The number of rotatable bonds is 2. The monoisotopic (exact) mass is 552 g/mol. The van der Waals surface area contributed by atoms with Crippen LogP contribution in [0.25, 0.3) is 27.5 Å². The van der Waals surface area contributed by atoms with Crippen molar-refractivity contribution in [3.63, 3.8) is 0 Å². The van der Waals surface area contributed by atoms with Crippen molar-refractivity contribution < 1.29 is 4.42 Å². The van der Waals surface area contributed by atoms with E-state index >= 15 is 0 Å². The predicted octanol–water partition coefficient (Wildman–Crippen LogP) is 7.38. The quantitative estimate of drug-likeness (QED) is 0.227. The fourth-order valence-electron chi connectivity index (χ4n) is 8.39. The van der Waals surface area contributed by atoms with Gasteiger partial charge < -0.3 is 19.1 Å². The van der Waals surface area contributed by atoms with Gasteiger partial charge in [-0.2, -0.15) is 0 Å². The van der Waals surface area contributed by atoms with Crippen LogP contribution in [0.1, 0.15) is 37.8 Å². The van der Waals surface area contributed by atoms with Crippen LogP contribution in [0.2, 0.25) is 0 Å². The molecule has 208 valence electrons. The number of allylic oxidation sites excluding steroid dienone is 1. The summed E-state index contributed by atoms with van der Waals surface area (Å²) in [6.45, 7) is 4.70. The number of para-hydroxylation sites is 2. The fourth-order valence-corrected chi connectivity index (χ4v) is 8.39. The third kappa shape index (κ3) is 2.67. The van der Waals surface area contributed by atoms with Crippen molar-refractivity contribution in [2.24, 2.45) is 0 Å². The number of hydrogen-bond donors (Lipinski definition) is 0. The molecule has 42 heavy (non-hydrogen) atoms. The fraction of sp³-hybridized carbons (Fsp3) is 0.257. The molecule has 7 nitrogen and oxygen atoms in total. The van der Waals surface area contributed by atoms with Crippen LogP contribution in [0, 0.1) is 0 Å². The highest BCUT2D eigenvalue weighted by Crippen LogP contribution is 2.61. The van der Waals surface area contributed by atoms with Crippen molar-refractivity contribution in [3.05, 3.63) is 102 Å². The summed E-state index contributed by atoms with van der Waals surface area (Å²) >= 11 is 0. The maximum atomic E-state index is 6.71. The number of furan rings is 1. The van der Waals surface area contributed by atoms with Crippen LogP contribution in [-0.2, 0) is 5.41 Å². The molecule has 4 aliphatic heterocycles. The summed E-state index contributed by atoms with van der Waals surface area (Å²) in [5.74, 6) is 0.957. The van der Waals surface area contributed by atoms with Gasteiger partial charge in [-0.15, -0.1) is 0 Å². The van der Waals surface area contributed by atoms with E-state index in [9.17, 15) is 0 Å². The van der Waals surface area contributed by atoms with Gasteiger partial charge in [-0.1, -0.05) is 56.3 Å². The van der Waals surface area contributed by atoms with Crippen LogP contribution < -0.4 is 14.7 Å². The number of nitrogens with zero attached hydrogens (tertiary/aromatic N) is 6. The lowest BCUT2D eigenvalue weighted by Crippen LogP contribution is -2.52. The molecular weight excluding hydrogens is 520 g/mol. The minimum Gasteiger partial charge on any atom is -0.454 e. The maximum absolute atomic E-state index is 6.71. The van der Waals surface area contributed by atoms with Gasteiger partial charge in [0.05, 0.1) is 11.9 Å². The maximum Gasteiger partial charge on any atom is 0.162 e. The molecule has 2 aromatic heterocycles. The lowest BCUT2D eigenvalue weighted by atomic mass is 9.65. The van der Waals surface area contributed by atoms with Gasteiger partial charge in [-0.3, -0.25) is 4.90 Å². The first-order chi connectivity index (χ1) is 20.6. The highest BCUT2D eigenvalue weighted by molar-refractivity contribution is 6.13. The summed E-state index contributed by atoms with van der Waals surface area (Å²) in [5, 5.41) is 2.31. The minimum atomic E-state index is -0.214. The van der Waals surface area contributed by atoms with E-state index in [1.807, 2.05) is 6.20 Å². The highest BCUT2D eigenvalue weighted by atomic mass is 16.3. The zero-order valence-electron chi connectivity index (χ0n) is 24.2. The Morgan fingerprint density at radius 3 is 2.52 bits per heavy atom. The van der Waals surface area contributed by atoms with Crippen molar-refractivity contribution in [1.82, 2.24) is 14.9 Å². The van der Waals surface area contributed by atoms with E-state index in [1.165, 1.54) is 28.0 Å². The van der Waals surface area contributed by atoms with Crippen LogP contribution in [0.15, 0.2) is 95.6 Å². The van der Waals surface area contributed by atoms with Gasteiger partial charge in [0.25, 0.3) is 0 Å². The van der Waals surface area contributed by atoms with E-state index in [2.05, 4.69) is 126 Å². The molecule has 2 atom stereocenters. The lowest BCUT2D eigenvalue weighted by Gasteiger charge is -2.46. The molecule has 4 aliphatic rings. The molecule has 2 unspecified atom stereocenters. The van der Waals surface area contributed by atoms with Gasteiger partial charge in [-0.05, 0) is 42.2 Å². The van der Waals surface area contributed by atoms with E-state index in [-0.39, 0.29) is 17.7 Å². The molecule has 3 aromatic carbocycles. The Hall–Kier alpha value is -4.78. The van der Waals surface area contributed by atoms with Crippen LogP contribution in [-0.4, -0.2) is 41.3 Å². The molecule has 0 N–H and O–H groups in total. The first-order valence-electron chi connectivity index (χ1n) is 14.9. The molecule has 0 bridgehead atoms. The molecule has 0 fully saturated rings. The number of anilines is 4. The molecule has 0 aliphatic carbocycles. The average molecular weight is 553 g/mol. The average Bonchev–Trinajstić information content (AvgIpc) is 3.67. The summed E-state index contributed by atoms with van der Waals surface area (Å²) < 4.78 is 6.71. The molecule has 5 aromatic rings. The topological polar surface area (TPSA) is 51.9 Å². The number of benzene rings is 3. The van der Waals surface area contributed by atoms with Crippen LogP contribution in [0.4, 0.5) is 22.9 Å².